The molecule has 3 rings (SSSR count). The first-order chi connectivity index (χ1) is 11.6. The Kier molecular flexibility index (Phi) is 4.81. The first-order valence-corrected chi connectivity index (χ1v) is 7.99. The van der Waals surface area contributed by atoms with Crippen LogP contribution in [0.15, 0.2) is 48.5 Å². The van der Waals surface area contributed by atoms with Crippen LogP contribution in [0.2, 0.25) is 0 Å². The van der Waals surface area contributed by atoms with Gasteiger partial charge in [0.2, 0.25) is 5.91 Å². The summed E-state index contributed by atoms with van der Waals surface area (Å²) in [4.78, 5) is 14.0. The van der Waals surface area contributed by atoms with Crippen molar-refractivity contribution in [2.24, 2.45) is 0 Å². The van der Waals surface area contributed by atoms with E-state index in [1.807, 2.05) is 31.3 Å². The number of ether oxygens (including phenoxy) is 1. The van der Waals surface area contributed by atoms with Crippen LogP contribution < -0.4 is 10.1 Å². The Labute approximate surface area is 141 Å². The third-order valence-corrected chi connectivity index (χ3v) is 4.45. The normalized spacial score (nSPS) is 18.7. The minimum atomic E-state index is -0.274. The van der Waals surface area contributed by atoms with Crippen molar-refractivity contribution in [2.45, 2.75) is 18.5 Å². The molecule has 0 aliphatic carbocycles. The molecule has 1 aliphatic heterocycles. The van der Waals surface area contributed by atoms with Gasteiger partial charge in [0.15, 0.2) is 0 Å². The van der Waals surface area contributed by atoms with Crippen LogP contribution in [0.25, 0.3) is 0 Å². The number of rotatable bonds is 5. The lowest BCUT2D eigenvalue weighted by atomic mass is 9.97. The fourth-order valence-electron chi connectivity index (χ4n) is 3.01. The van der Waals surface area contributed by atoms with Gasteiger partial charge in [-0.1, -0.05) is 24.3 Å². The summed E-state index contributed by atoms with van der Waals surface area (Å²) in [6, 6.07) is 13.7. The molecule has 2 atom stereocenters. The second-order valence-electron chi connectivity index (χ2n) is 6.03. The monoisotopic (exact) mass is 328 g/mol. The van der Waals surface area contributed by atoms with Crippen LogP contribution >= 0.6 is 0 Å². The Morgan fingerprint density at radius 3 is 2.21 bits per heavy atom. The molecular weight excluding hydrogens is 307 g/mol. The van der Waals surface area contributed by atoms with Gasteiger partial charge in [0, 0.05) is 13.6 Å². The van der Waals surface area contributed by atoms with Crippen LogP contribution in [-0.2, 0) is 4.79 Å². The summed E-state index contributed by atoms with van der Waals surface area (Å²) in [5, 5.41) is 3.43. The van der Waals surface area contributed by atoms with Gasteiger partial charge in [-0.3, -0.25) is 10.1 Å². The molecular formula is C19H21FN2O2. The number of amides is 1. The molecule has 1 N–H and O–H groups in total. The minimum absolute atomic E-state index is 0.0932. The molecule has 4 nitrogen and oxygen atoms in total. The molecule has 1 fully saturated rings. The van der Waals surface area contributed by atoms with Crippen molar-refractivity contribution in [1.29, 1.82) is 0 Å². The van der Waals surface area contributed by atoms with E-state index in [0.717, 1.165) is 29.8 Å². The Morgan fingerprint density at radius 2 is 1.71 bits per heavy atom. The number of hydrogen-bond acceptors (Lipinski definition) is 3. The first-order valence-electron chi connectivity index (χ1n) is 7.99. The molecule has 126 valence electrons. The third-order valence-electron chi connectivity index (χ3n) is 4.45. The number of halogens is 1. The molecule has 1 aliphatic rings. The molecule has 5 heteroatoms. The first kappa shape index (κ1) is 16.5. The van der Waals surface area contributed by atoms with Gasteiger partial charge in [0.1, 0.15) is 11.6 Å². The van der Waals surface area contributed by atoms with Crippen molar-refractivity contribution in [3.63, 3.8) is 0 Å². The maximum Gasteiger partial charge on any atom is 0.239 e. The Morgan fingerprint density at radius 1 is 1.12 bits per heavy atom. The van der Waals surface area contributed by atoms with Gasteiger partial charge < -0.3 is 9.64 Å². The number of nitrogens with zero attached hydrogens (tertiary/aromatic N) is 1. The molecule has 1 heterocycles. The molecule has 0 spiro atoms. The van der Waals surface area contributed by atoms with Crippen molar-refractivity contribution < 1.29 is 13.9 Å². The highest BCUT2D eigenvalue weighted by atomic mass is 19.1. The third kappa shape index (κ3) is 3.41. The number of carbonyl (C=O) groups excluding carboxylic acids is 1. The lowest BCUT2D eigenvalue weighted by Crippen LogP contribution is -2.39. The zero-order valence-electron chi connectivity index (χ0n) is 13.8. The van der Waals surface area contributed by atoms with Gasteiger partial charge in [0.05, 0.1) is 19.2 Å². The molecule has 0 saturated carbocycles. The lowest BCUT2D eigenvalue weighted by molar-refractivity contribution is -0.128. The minimum Gasteiger partial charge on any atom is -0.497 e. The number of carbonyl (C=O) groups is 1. The number of benzene rings is 2. The molecule has 1 saturated heterocycles. The number of likely N-dealkylation sites (tertiary alicyclic amines) is 1. The Balaban J connectivity index is 1.90. The number of methoxy groups -OCH3 is 1. The predicted octanol–water partition coefficient (Wildman–Crippen LogP) is 2.74. The second kappa shape index (κ2) is 7.01. The summed E-state index contributed by atoms with van der Waals surface area (Å²) in [5.74, 6) is 0.591. The fourth-order valence-corrected chi connectivity index (χ4v) is 3.01. The van der Waals surface area contributed by atoms with Crippen LogP contribution in [0, 0.1) is 5.82 Å². The fraction of sp³-hybridized carbons (Fsp3) is 0.316. The van der Waals surface area contributed by atoms with Gasteiger partial charge in [-0.2, -0.15) is 0 Å². The van der Waals surface area contributed by atoms with E-state index in [0.29, 0.717) is 0 Å². The maximum absolute atomic E-state index is 13.3. The van der Waals surface area contributed by atoms with Crippen molar-refractivity contribution in [1.82, 2.24) is 10.2 Å². The van der Waals surface area contributed by atoms with Crippen molar-refractivity contribution >= 4 is 5.91 Å². The summed E-state index contributed by atoms with van der Waals surface area (Å²) < 4.78 is 18.5. The number of hydrogen-bond donors (Lipinski definition) is 1. The van der Waals surface area contributed by atoms with Crippen LogP contribution in [0.4, 0.5) is 4.39 Å². The molecule has 0 bridgehead atoms. The van der Waals surface area contributed by atoms with E-state index in [1.165, 1.54) is 12.1 Å². The van der Waals surface area contributed by atoms with Crippen LogP contribution in [-0.4, -0.2) is 37.6 Å². The van der Waals surface area contributed by atoms with Gasteiger partial charge >= 0.3 is 0 Å². The summed E-state index contributed by atoms with van der Waals surface area (Å²) in [7, 11) is 3.43. The summed E-state index contributed by atoms with van der Waals surface area (Å²) >= 11 is 0. The highest BCUT2D eigenvalue weighted by molar-refractivity contribution is 5.83. The molecule has 1 amide bonds. The van der Waals surface area contributed by atoms with E-state index in [9.17, 15) is 9.18 Å². The van der Waals surface area contributed by atoms with Crippen LogP contribution in [0.1, 0.15) is 23.6 Å². The van der Waals surface area contributed by atoms with Gasteiger partial charge in [-0.15, -0.1) is 0 Å². The predicted molar refractivity (Wildman–Crippen MR) is 90.4 cm³/mol. The molecule has 0 unspecified atom stereocenters. The van der Waals surface area contributed by atoms with Crippen molar-refractivity contribution in [3.8, 4) is 5.75 Å². The van der Waals surface area contributed by atoms with Crippen molar-refractivity contribution in [2.75, 3.05) is 20.7 Å². The topological polar surface area (TPSA) is 41.6 Å². The summed E-state index contributed by atoms with van der Waals surface area (Å²) in [6.45, 7) is 0.745. The molecule has 2 aromatic carbocycles. The van der Waals surface area contributed by atoms with Gasteiger partial charge in [-0.25, -0.2) is 4.39 Å². The van der Waals surface area contributed by atoms with E-state index < -0.39 is 0 Å². The maximum atomic E-state index is 13.3. The average molecular weight is 328 g/mol. The molecule has 2 aromatic rings. The highest BCUT2D eigenvalue weighted by Gasteiger charge is 2.31. The smallest absolute Gasteiger partial charge is 0.239 e. The van der Waals surface area contributed by atoms with Crippen molar-refractivity contribution in [3.05, 3.63) is 65.5 Å². The zero-order chi connectivity index (χ0) is 17.1. The van der Waals surface area contributed by atoms with E-state index in [1.54, 1.807) is 24.1 Å². The summed E-state index contributed by atoms with van der Waals surface area (Å²) in [5.41, 5.74) is 1.92. The second-order valence-corrected chi connectivity index (χ2v) is 6.03. The lowest BCUT2D eigenvalue weighted by Gasteiger charge is -2.23. The SMILES string of the molecule is COc1ccc([C@H](N[C@@H]2CCN(C)C2=O)c2ccc(F)cc2)cc1. The molecule has 24 heavy (non-hydrogen) atoms. The van der Waals surface area contributed by atoms with Gasteiger partial charge in [-0.05, 0) is 41.8 Å². The van der Waals surface area contributed by atoms with E-state index in [2.05, 4.69) is 5.32 Å². The number of nitrogens with one attached hydrogen (secondary N) is 1. The van der Waals surface area contributed by atoms with Crippen LogP contribution in [0.3, 0.4) is 0 Å². The van der Waals surface area contributed by atoms with E-state index in [-0.39, 0.29) is 23.8 Å². The standard InChI is InChI=1S/C19H21FN2O2/c1-22-12-11-17(19(22)23)21-18(13-3-7-15(20)8-4-13)14-5-9-16(24-2)10-6-14/h3-10,17-18,21H,11-12H2,1-2H3/t17-,18-/m1/s1. The van der Waals surface area contributed by atoms with E-state index in [4.69, 9.17) is 4.74 Å². The highest BCUT2D eigenvalue weighted by Crippen LogP contribution is 2.26. The Hall–Kier alpha value is -2.40. The quantitative estimate of drug-likeness (QED) is 0.918. The Bertz CT molecular complexity index is 700. The van der Waals surface area contributed by atoms with E-state index >= 15 is 0 Å². The van der Waals surface area contributed by atoms with Crippen LogP contribution in [0.5, 0.6) is 5.75 Å². The molecule has 0 aromatic heterocycles. The zero-order valence-corrected chi connectivity index (χ0v) is 13.8. The number of likely N-dealkylation sites (N-methyl/N-ethyl adjacent to an activating group) is 1. The van der Waals surface area contributed by atoms with Gasteiger partial charge in [0.25, 0.3) is 0 Å². The molecule has 0 radical (unpaired) electrons. The largest absolute Gasteiger partial charge is 0.497 e. The average Bonchev–Trinajstić information content (AvgIpc) is 2.93. The summed E-state index contributed by atoms with van der Waals surface area (Å²) in [6.07, 6.45) is 0.767.